The molecule has 33 heavy (non-hydrogen) atoms. The fraction of sp³-hybridized carbons (Fsp3) is 0.333. The minimum Gasteiger partial charge on any atom is -0.394 e. The largest absolute Gasteiger partial charge is 0.394 e. The first-order valence-corrected chi connectivity index (χ1v) is 10.8. The molecule has 1 fully saturated rings. The Morgan fingerprint density at radius 2 is 1.91 bits per heavy atom. The van der Waals surface area contributed by atoms with E-state index < -0.39 is 43.2 Å². The van der Waals surface area contributed by atoms with Gasteiger partial charge < -0.3 is 40.8 Å². The molecule has 1 aliphatic rings. The van der Waals surface area contributed by atoms with E-state index in [2.05, 4.69) is 20.6 Å². The fourth-order valence-corrected chi connectivity index (χ4v) is 4.10. The Morgan fingerprint density at radius 1 is 1.12 bits per heavy atom. The van der Waals surface area contributed by atoms with Crippen molar-refractivity contribution in [1.82, 2.24) is 15.3 Å². The number of imidazole rings is 1. The Hall–Kier alpha value is -2.44. The number of aliphatic hydroxyl groups is 4. The number of hydrogen-bond donors (Lipinski definition) is 7. The van der Waals surface area contributed by atoms with Crippen LogP contribution in [0.5, 0.6) is 0 Å². The average molecular weight is 497 g/mol. The zero-order chi connectivity index (χ0) is 23.7. The highest BCUT2D eigenvalue weighted by Gasteiger charge is 2.45. The predicted octanol–water partition coefficient (Wildman–Crippen LogP) is 1.71. The van der Waals surface area contributed by atoms with Crippen LogP contribution in [-0.4, -0.2) is 67.4 Å². The summed E-state index contributed by atoms with van der Waals surface area (Å²) >= 11 is 12.0. The number of carbonyl (C=O) groups excluding carboxylic acids is 1. The highest BCUT2D eigenvalue weighted by atomic mass is 35.5. The number of hydrogen-bond acceptors (Lipinski definition) is 7. The number of amides is 2. The molecule has 2 amide bonds. The molecule has 7 N–H and O–H groups in total. The molecule has 4 rings (SSSR count). The summed E-state index contributed by atoms with van der Waals surface area (Å²) in [4.78, 5) is 19.9. The van der Waals surface area contributed by atoms with Crippen molar-refractivity contribution < 1.29 is 30.0 Å². The molecule has 1 aliphatic heterocycles. The van der Waals surface area contributed by atoms with Gasteiger partial charge in [-0.15, -0.1) is 0 Å². The number of aromatic nitrogens is 2. The van der Waals surface area contributed by atoms with E-state index in [0.717, 1.165) is 0 Å². The van der Waals surface area contributed by atoms with Gasteiger partial charge >= 0.3 is 6.03 Å². The van der Waals surface area contributed by atoms with Crippen molar-refractivity contribution in [3.05, 3.63) is 57.8 Å². The number of benzene rings is 2. The Labute approximate surface area is 198 Å². The standard InChI is InChI=1S/C21H22Cl2N4O6/c22-10-5-4-9(11(23)6-10)7-24-21(32)26-13-3-1-2-12-15(13)27-20(25-12)19-18(31)17(30)16(29)14(8-28)33-19/h1-6,14,16-19,28-31H,7-8H2,(H,25,27)(H2,24,26,32)/t14-,16-,17+,18-,19-/m1/s1. The molecule has 2 aromatic carbocycles. The van der Waals surface area contributed by atoms with Crippen LogP contribution in [0.3, 0.4) is 0 Å². The molecular weight excluding hydrogens is 475 g/mol. The maximum absolute atomic E-state index is 12.4. The number of H-pyrrole nitrogens is 1. The number of nitrogens with one attached hydrogen (secondary N) is 3. The first kappa shape index (κ1) is 23.7. The van der Waals surface area contributed by atoms with Gasteiger partial charge in [-0.3, -0.25) is 0 Å². The summed E-state index contributed by atoms with van der Waals surface area (Å²) in [5.74, 6) is 0.171. The van der Waals surface area contributed by atoms with Crippen LogP contribution in [-0.2, 0) is 11.3 Å². The van der Waals surface area contributed by atoms with Crippen LogP contribution in [0.2, 0.25) is 10.0 Å². The van der Waals surface area contributed by atoms with Crippen LogP contribution in [0.1, 0.15) is 17.5 Å². The smallest absolute Gasteiger partial charge is 0.319 e. The summed E-state index contributed by atoms with van der Waals surface area (Å²) in [7, 11) is 0. The van der Waals surface area contributed by atoms with Crippen molar-refractivity contribution in [3.8, 4) is 0 Å². The number of ether oxygens (including phenoxy) is 1. The second-order valence-corrected chi connectivity index (χ2v) is 8.46. The molecular formula is C21H22Cl2N4O6. The van der Waals surface area contributed by atoms with Crippen LogP contribution in [0.4, 0.5) is 10.5 Å². The zero-order valence-corrected chi connectivity index (χ0v) is 18.6. The molecule has 12 heteroatoms. The van der Waals surface area contributed by atoms with Gasteiger partial charge in [-0.2, -0.15) is 0 Å². The van der Waals surface area contributed by atoms with E-state index in [4.69, 9.17) is 27.9 Å². The third kappa shape index (κ3) is 4.92. The Kier molecular flexibility index (Phi) is 7.05. The first-order chi connectivity index (χ1) is 15.8. The molecule has 0 aliphatic carbocycles. The summed E-state index contributed by atoms with van der Waals surface area (Å²) in [6, 6.07) is 9.54. The van der Waals surface area contributed by atoms with Gasteiger partial charge in [0.25, 0.3) is 0 Å². The summed E-state index contributed by atoms with van der Waals surface area (Å²) in [6.07, 6.45) is -6.67. The highest BCUT2D eigenvalue weighted by molar-refractivity contribution is 6.35. The number of halogens is 2. The summed E-state index contributed by atoms with van der Waals surface area (Å²) in [5, 5.41) is 46.1. The van der Waals surface area contributed by atoms with E-state index in [1.54, 1.807) is 36.4 Å². The Bertz CT molecular complexity index is 1160. The number of rotatable bonds is 5. The lowest BCUT2D eigenvalue weighted by molar-refractivity contribution is -0.233. The summed E-state index contributed by atoms with van der Waals surface area (Å²) in [5.41, 5.74) is 2.02. The molecule has 0 saturated carbocycles. The van der Waals surface area contributed by atoms with E-state index in [1.807, 2.05) is 0 Å². The molecule has 2 heterocycles. The average Bonchev–Trinajstić information content (AvgIpc) is 3.22. The normalized spacial score (nSPS) is 25.2. The molecule has 3 aromatic rings. The number of carbonyl (C=O) groups is 1. The highest BCUT2D eigenvalue weighted by Crippen LogP contribution is 2.33. The van der Waals surface area contributed by atoms with Gasteiger partial charge in [0.15, 0.2) is 0 Å². The molecule has 0 radical (unpaired) electrons. The van der Waals surface area contributed by atoms with Crippen molar-refractivity contribution >= 4 is 46.0 Å². The molecule has 0 spiro atoms. The second-order valence-electron chi connectivity index (χ2n) is 7.62. The third-order valence-electron chi connectivity index (χ3n) is 5.40. The minimum absolute atomic E-state index is 0.171. The maximum atomic E-state index is 12.4. The van der Waals surface area contributed by atoms with Gasteiger partial charge in [0.05, 0.1) is 17.8 Å². The maximum Gasteiger partial charge on any atom is 0.319 e. The second kappa shape index (κ2) is 9.82. The summed E-state index contributed by atoms with van der Waals surface area (Å²) < 4.78 is 5.55. The van der Waals surface area contributed by atoms with Gasteiger partial charge in [-0.25, -0.2) is 9.78 Å². The van der Waals surface area contributed by atoms with Crippen molar-refractivity contribution in [1.29, 1.82) is 0 Å². The lowest BCUT2D eigenvalue weighted by atomic mass is 9.95. The summed E-state index contributed by atoms with van der Waals surface area (Å²) in [6.45, 7) is -0.374. The quantitative estimate of drug-likeness (QED) is 0.283. The van der Waals surface area contributed by atoms with Crippen molar-refractivity contribution in [2.24, 2.45) is 0 Å². The minimum atomic E-state index is -1.53. The van der Waals surface area contributed by atoms with Crippen molar-refractivity contribution in [2.45, 2.75) is 37.1 Å². The predicted molar refractivity (Wildman–Crippen MR) is 121 cm³/mol. The SMILES string of the molecule is O=C(NCc1ccc(Cl)cc1Cl)Nc1cccc2[nH]c([C@@H]3O[C@H](CO)[C@@H](O)[C@H](O)[C@H]3O)nc12. The van der Waals surface area contributed by atoms with E-state index in [9.17, 15) is 25.2 Å². The Morgan fingerprint density at radius 3 is 2.64 bits per heavy atom. The van der Waals surface area contributed by atoms with Gasteiger partial charge in [0.1, 0.15) is 41.9 Å². The number of fused-ring (bicyclic) bond motifs is 1. The van der Waals surface area contributed by atoms with E-state index in [-0.39, 0.29) is 12.4 Å². The van der Waals surface area contributed by atoms with Gasteiger partial charge in [-0.05, 0) is 29.8 Å². The number of aliphatic hydroxyl groups excluding tert-OH is 4. The van der Waals surface area contributed by atoms with Crippen LogP contribution in [0.25, 0.3) is 11.0 Å². The van der Waals surface area contributed by atoms with Crippen LogP contribution in [0, 0.1) is 0 Å². The van der Waals surface area contributed by atoms with Gasteiger partial charge in [-0.1, -0.05) is 35.3 Å². The van der Waals surface area contributed by atoms with E-state index >= 15 is 0 Å². The molecule has 176 valence electrons. The van der Waals surface area contributed by atoms with Crippen molar-refractivity contribution in [3.63, 3.8) is 0 Å². The number of urea groups is 1. The van der Waals surface area contributed by atoms with Gasteiger partial charge in [0, 0.05) is 16.6 Å². The number of aromatic amines is 1. The monoisotopic (exact) mass is 496 g/mol. The first-order valence-electron chi connectivity index (χ1n) is 10.1. The van der Waals surface area contributed by atoms with E-state index in [1.165, 1.54) is 0 Å². The van der Waals surface area contributed by atoms with E-state index in [0.29, 0.717) is 32.3 Å². The van der Waals surface area contributed by atoms with Crippen LogP contribution in [0.15, 0.2) is 36.4 Å². The fourth-order valence-electron chi connectivity index (χ4n) is 3.62. The van der Waals surface area contributed by atoms with Crippen LogP contribution >= 0.6 is 23.2 Å². The number of anilines is 1. The van der Waals surface area contributed by atoms with Gasteiger partial charge in [0.2, 0.25) is 0 Å². The number of nitrogens with zero attached hydrogens (tertiary/aromatic N) is 1. The lowest BCUT2D eigenvalue weighted by Crippen LogP contribution is -2.55. The number of para-hydroxylation sites is 1. The van der Waals surface area contributed by atoms with Crippen LogP contribution < -0.4 is 10.6 Å². The molecule has 10 nitrogen and oxygen atoms in total. The van der Waals surface area contributed by atoms with Crippen molar-refractivity contribution in [2.75, 3.05) is 11.9 Å². The molecule has 1 saturated heterocycles. The molecule has 1 aromatic heterocycles. The lowest BCUT2D eigenvalue weighted by Gasteiger charge is -2.39. The molecule has 5 atom stereocenters. The third-order valence-corrected chi connectivity index (χ3v) is 5.98. The zero-order valence-electron chi connectivity index (χ0n) is 17.1. The topological polar surface area (TPSA) is 160 Å². The Balaban J connectivity index is 1.51. The molecule has 0 bridgehead atoms. The molecule has 0 unspecified atom stereocenters.